The van der Waals surface area contributed by atoms with Gasteiger partial charge in [0.15, 0.2) is 0 Å². The third-order valence-electron chi connectivity index (χ3n) is 5.74. The van der Waals surface area contributed by atoms with Gasteiger partial charge in [-0.25, -0.2) is 0 Å². The number of amides is 2. The third kappa shape index (κ3) is 7.21. The number of hydrogen-bond acceptors (Lipinski definition) is 3. The van der Waals surface area contributed by atoms with Crippen LogP contribution in [0.2, 0.25) is 0 Å². The summed E-state index contributed by atoms with van der Waals surface area (Å²) in [6.45, 7) is 4.60. The largest absolute Gasteiger partial charge is 0.497 e. The van der Waals surface area contributed by atoms with Gasteiger partial charge in [0, 0.05) is 19.5 Å². The van der Waals surface area contributed by atoms with E-state index in [0.717, 1.165) is 22.4 Å². The number of hydrogen-bond donors (Lipinski definition) is 1. The molecule has 0 bridgehead atoms. The zero-order valence-electron chi connectivity index (χ0n) is 19.6. The smallest absolute Gasteiger partial charge is 0.242 e. The first kappa shape index (κ1) is 24.1. The molecule has 1 atom stereocenters. The van der Waals surface area contributed by atoms with Crippen molar-refractivity contribution >= 4 is 11.8 Å². The van der Waals surface area contributed by atoms with Crippen molar-refractivity contribution in [3.63, 3.8) is 0 Å². The second-order valence-electron chi connectivity index (χ2n) is 8.23. The summed E-state index contributed by atoms with van der Waals surface area (Å²) in [5.41, 5.74) is 4.25. The van der Waals surface area contributed by atoms with E-state index in [2.05, 4.69) is 5.32 Å². The summed E-state index contributed by atoms with van der Waals surface area (Å²) < 4.78 is 5.23. The normalized spacial score (nSPS) is 11.5. The van der Waals surface area contributed by atoms with Gasteiger partial charge in [0.1, 0.15) is 11.8 Å². The van der Waals surface area contributed by atoms with Crippen LogP contribution in [0, 0.1) is 6.92 Å². The van der Waals surface area contributed by atoms with E-state index >= 15 is 0 Å². The third-order valence-corrected chi connectivity index (χ3v) is 5.74. The molecule has 0 aliphatic rings. The highest BCUT2D eigenvalue weighted by molar-refractivity contribution is 5.87. The lowest BCUT2D eigenvalue weighted by atomic mass is 10.1. The molecule has 3 rings (SSSR count). The molecule has 172 valence electrons. The Morgan fingerprint density at radius 2 is 1.52 bits per heavy atom. The molecule has 5 heteroatoms. The highest BCUT2D eigenvalue weighted by Gasteiger charge is 2.25. The van der Waals surface area contributed by atoms with Crippen molar-refractivity contribution in [2.75, 3.05) is 7.11 Å². The van der Waals surface area contributed by atoms with Gasteiger partial charge in [-0.3, -0.25) is 9.59 Å². The van der Waals surface area contributed by atoms with Crippen LogP contribution in [-0.4, -0.2) is 29.9 Å². The first-order valence-electron chi connectivity index (χ1n) is 11.3. The van der Waals surface area contributed by atoms with Crippen LogP contribution in [0.25, 0.3) is 0 Å². The van der Waals surface area contributed by atoms with Gasteiger partial charge in [0.25, 0.3) is 0 Å². The number of carbonyl (C=O) groups excluding carboxylic acids is 2. The Kier molecular flexibility index (Phi) is 8.64. The summed E-state index contributed by atoms with van der Waals surface area (Å²) in [6, 6.07) is 24.9. The van der Waals surface area contributed by atoms with E-state index in [-0.39, 0.29) is 11.8 Å². The average molecular weight is 445 g/mol. The lowest BCUT2D eigenvalue weighted by Gasteiger charge is -2.29. The molecule has 0 fully saturated rings. The monoisotopic (exact) mass is 444 g/mol. The molecule has 0 unspecified atom stereocenters. The zero-order valence-corrected chi connectivity index (χ0v) is 19.6. The van der Waals surface area contributed by atoms with Crippen molar-refractivity contribution in [2.45, 2.75) is 45.8 Å². The molecular formula is C28H32N2O3. The Balaban J connectivity index is 1.69. The number of rotatable bonds is 10. The lowest BCUT2D eigenvalue weighted by Crippen LogP contribution is -2.47. The fourth-order valence-corrected chi connectivity index (χ4v) is 3.59. The second kappa shape index (κ2) is 11.9. The average Bonchev–Trinajstić information content (AvgIpc) is 2.86. The standard InChI is InChI=1S/C28H32N2O3/c1-21-9-11-24(12-10-21)19-29-28(32)22(2)30(20-25-13-16-26(33-3)17-14-25)27(31)18-15-23-7-5-4-6-8-23/h4-14,16-17,22H,15,18-20H2,1-3H3,(H,29,32)/t22-/m0/s1. The Bertz CT molecular complexity index is 1030. The van der Waals surface area contributed by atoms with Gasteiger partial charge >= 0.3 is 0 Å². The molecule has 0 saturated carbocycles. The maximum Gasteiger partial charge on any atom is 0.242 e. The Labute approximate surface area is 196 Å². The van der Waals surface area contributed by atoms with E-state index in [1.54, 1.807) is 18.9 Å². The summed E-state index contributed by atoms with van der Waals surface area (Å²) in [4.78, 5) is 27.9. The van der Waals surface area contributed by atoms with Crippen LogP contribution in [0.5, 0.6) is 5.75 Å². The maximum atomic E-state index is 13.2. The predicted octanol–water partition coefficient (Wildman–Crippen LogP) is 4.67. The van der Waals surface area contributed by atoms with Gasteiger partial charge in [0.2, 0.25) is 11.8 Å². The minimum atomic E-state index is -0.596. The Morgan fingerprint density at radius 1 is 0.879 bits per heavy atom. The van der Waals surface area contributed by atoms with E-state index in [1.807, 2.05) is 85.8 Å². The van der Waals surface area contributed by atoms with Gasteiger partial charge in [-0.05, 0) is 49.1 Å². The number of nitrogens with one attached hydrogen (secondary N) is 1. The van der Waals surface area contributed by atoms with Crippen LogP contribution in [0.15, 0.2) is 78.9 Å². The summed E-state index contributed by atoms with van der Waals surface area (Å²) >= 11 is 0. The van der Waals surface area contributed by atoms with E-state index in [4.69, 9.17) is 4.74 Å². The molecule has 0 aliphatic carbocycles. The molecular weight excluding hydrogens is 412 g/mol. The van der Waals surface area contributed by atoms with Gasteiger partial charge in [0.05, 0.1) is 7.11 Å². The molecule has 0 radical (unpaired) electrons. The number of nitrogens with zero attached hydrogens (tertiary/aromatic N) is 1. The van der Waals surface area contributed by atoms with Gasteiger partial charge in [-0.2, -0.15) is 0 Å². The van der Waals surface area contributed by atoms with Crippen molar-refractivity contribution in [3.05, 3.63) is 101 Å². The fraction of sp³-hybridized carbons (Fsp3) is 0.286. The molecule has 2 amide bonds. The summed E-state index contributed by atoms with van der Waals surface area (Å²) in [7, 11) is 1.62. The van der Waals surface area contributed by atoms with Crippen LogP contribution in [0.1, 0.15) is 35.6 Å². The van der Waals surface area contributed by atoms with Crippen LogP contribution < -0.4 is 10.1 Å². The second-order valence-corrected chi connectivity index (χ2v) is 8.23. The molecule has 0 aromatic heterocycles. The SMILES string of the molecule is COc1ccc(CN(C(=O)CCc2ccccc2)[C@@H](C)C(=O)NCc2ccc(C)cc2)cc1. The van der Waals surface area contributed by atoms with Crippen LogP contribution in [0.3, 0.4) is 0 Å². The summed E-state index contributed by atoms with van der Waals surface area (Å²) in [5.74, 6) is 0.536. The molecule has 3 aromatic rings. The van der Waals surface area contributed by atoms with Gasteiger partial charge < -0.3 is 15.0 Å². The van der Waals surface area contributed by atoms with E-state index < -0.39 is 6.04 Å². The maximum absolute atomic E-state index is 13.2. The lowest BCUT2D eigenvalue weighted by molar-refractivity contribution is -0.140. The van der Waals surface area contributed by atoms with Gasteiger partial charge in [-0.1, -0.05) is 72.3 Å². The van der Waals surface area contributed by atoms with Crippen molar-refractivity contribution in [1.29, 1.82) is 0 Å². The number of aryl methyl sites for hydroxylation is 2. The Hall–Kier alpha value is -3.60. The predicted molar refractivity (Wildman–Crippen MR) is 131 cm³/mol. The highest BCUT2D eigenvalue weighted by Crippen LogP contribution is 2.16. The van der Waals surface area contributed by atoms with Crippen molar-refractivity contribution in [1.82, 2.24) is 10.2 Å². The molecule has 0 saturated heterocycles. The van der Waals surface area contributed by atoms with Crippen LogP contribution in [-0.2, 0) is 29.1 Å². The minimum Gasteiger partial charge on any atom is -0.497 e. The molecule has 5 nitrogen and oxygen atoms in total. The summed E-state index contributed by atoms with van der Waals surface area (Å²) in [5, 5.41) is 2.98. The van der Waals surface area contributed by atoms with Crippen LogP contribution in [0.4, 0.5) is 0 Å². The summed E-state index contributed by atoms with van der Waals surface area (Å²) in [6.07, 6.45) is 0.978. The number of ether oxygens (including phenoxy) is 1. The molecule has 0 aliphatic heterocycles. The van der Waals surface area contributed by atoms with E-state index in [9.17, 15) is 9.59 Å². The minimum absolute atomic E-state index is 0.0485. The molecule has 0 heterocycles. The van der Waals surface area contributed by atoms with E-state index in [1.165, 1.54) is 5.56 Å². The zero-order chi connectivity index (χ0) is 23.6. The molecule has 3 aromatic carbocycles. The fourth-order valence-electron chi connectivity index (χ4n) is 3.59. The van der Waals surface area contributed by atoms with Crippen molar-refractivity contribution in [2.24, 2.45) is 0 Å². The number of methoxy groups -OCH3 is 1. The Morgan fingerprint density at radius 3 is 2.15 bits per heavy atom. The quantitative estimate of drug-likeness (QED) is 0.494. The van der Waals surface area contributed by atoms with E-state index in [0.29, 0.717) is 25.9 Å². The molecule has 0 spiro atoms. The van der Waals surface area contributed by atoms with Crippen molar-refractivity contribution in [3.8, 4) is 5.75 Å². The number of carbonyl (C=O) groups is 2. The topological polar surface area (TPSA) is 58.6 Å². The van der Waals surface area contributed by atoms with Gasteiger partial charge in [-0.15, -0.1) is 0 Å². The van der Waals surface area contributed by atoms with Crippen LogP contribution >= 0.6 is 0 Å². The molecule has 1 N–H and O–H groups in total. The van der Waals surface area contributed by atoms with Crippen molar-refractivity contribution < 1.29 is 14.3 Å². The molecule has 33 heavy (non-hydrogen) atoms. The first-order valence-corrected chi connectivity index (χ1v) is 11.3. The highest BCUT2D eigenvalue weighted by atomic mass is 16.5. The number of benzene rings is 3. The first-order chi connectivity index (χ1) is 16.0.